The number of likely N-dealkylation sites (tertiary alicyclic amines) is 1. The standard InChI is InChI=1S/C11H17BrN2S.ClH/c1-13-10-3-2-4-14(6-10)7-11-5-9(12)8-15-11;/h5,8,10,13H,2-4,6-7H2,1H3;1H. The van der Waals surface area contributed by atoms with Crippen LogP contribution < -0.4 is 5.32 Å². The molecule has 2 heterocycles. The van der Waals surface area contributed by atoms with Crippen LogP contribution in [0.2, 0.25) is 0 Å². The van der Waals surface area contributed by atoms with Crippen molar-refractivity contribution in [2.45, 2.75) is 25.4 Å². The third kappa shape index (κ3) is 4.00. The fourth-order valence-electron chi connectivity index (χ4n) is 2.09. The first-order chi connectivity index (χ1) is 7.28. The average molecular weight is 326 g/mol. The normalized spacial score (nSPS) is 21.8. The summed E-state index contributed by atoms with van der Waals surface area (Å²) in [5.41, 5.74) is 0. The van der Waals surface area contributed by atoms with Gasteiger partial charge in [0.05, 0.1) is 0 Å². The van der Waals surface area contributed by atoms with Crippen molar-refractivity contribution in [1.29, 1.82) is 0 Å². The first kappa shape index (κ1) is 14.5. The molecule has 0 aromatic carbocycles. The Labute approximate surface area is 116 Å². The largest absolute Gasteiger partial charge is 0.316 e. The number of halogens is 2. The number of piperidine rings is 1. The van der Waals surface area contributed by atoms with E-state index < -0.39 is 0 Å². The Kier molecular flexibility index (Phi) is 6.29. The molecule has 0 amide bonds. The van der Waals surface area contributed by atoms with E-state index in [1.165, 1.54) is 35.3 Å². The van der Waals surface area contributed by atoms with Crippen molar-refractivity contribution in [1.82, 2.24) is 10.2 Å². The maximum atomic E-state index is 3.50. The first-order valence-corrected chi connectivity index (χ1v) is 7.07. The van der Waals surface area contributed by atoms with Gasteiger partial charge in [0.25, 0.3) is 0 Å². The van der Waals surface area contributed by atoms with Crippen molar-refractivity contribution < 1.29 is 0 Å². The summed E-state index contributed by atoms with van der Waals surface area (Å²) < 4.78 is 1.21. The molecule has 1 aromatic rings. The van der Waals surface area contributed by atoms with E-state index >= 15 is 0 Å². The van der Waals surface area contributed by atoms with E-state index in [9.17, 15) is 0 Å². The number of rotatable bonds is 3. The molecule has 1 aromatic heterocycles. The quantitative estimate of drug-likeness (QED) is 0.918. The summed E-state index contributed by atoms with van der Waals surface area (Å²) in [6, 6.07) is 2.91. The van der Waals surface area contributed by atoms with Gasteiger partial charge in [-0.25, -0.2) is 0 Å². The second-order valence-electron chi connectivity index (χ2n) is 4.09. The molecule has 16 heavy (non-hydrogen) atoms. The van der Waals surface area contributed by atoms with Crippen molar-refractivity contribution in [3.8, 4) is 0 Å². The van der Waals surface area contributed by atoms with Crippen LogP contribution in [0.3, 0.4) is 0 Å². The maximum Gasteiger partial charge on any atom is 0.0328 e. The van der Waals surface area contributed by atoms with E-state index in [1.807, 2.05) is 11.3 Å². The van der Waals surface area contributed by atoms with Gasteiger partial charge >= 0.3 is 0 Å². The first-order valence-electron chi connectivity index (χ1n) is 5.40. The molecule has 92 valence electrons. The van der Waals surface area contributed by atoms with Crippen molar-refractivity contribution in [2.24, 2.45) is 0 Å². The number of likely N-dealkylation sites (N-methyl/N-ethyl adjacent to an activating group) is 1. The Hall–Kier alpha value is 0.390. The summed E-state index contributed by atoms with van der Waals surface area (Å²) in [7, 11) is 2.07. The van der Waals surface area contributed by atoms with Crippen molar-refractivity contribution in [3.63, 3.8) is 0 Å². The van der Waals surface area contributed by atoms with Gasteiger partial charge in [0, 0.05) is 33.9 Å². The Balaban J connectivity index is 0.00000128. The van der Waals surface area contributed by atoms with Crippen LogP contribution in [0, 0.1) is 0 Å². The molecule has 1 fully saturated rings. The van der Waals surface area contributed by atoms with E-state index in [-0.39, 0.29) is 12.4 Å². The molecule has 5 heteroatoms. The molecular formula is C11H18BrClN2S. The molecule has 1 aliphatic heterocycles. The molecule has 2 nitrogen and oxygen atoms in total. The molecule has 0 spiro atoms. The third-order valence-electron chi connectivity index (χ3n) is 2.91. The molecular weight excluding hydrogens is 308 g/mol. The average Bonchev–Trinajstić information content (AvgIpc) is 2.64. The van der Waals surface area contributed by atoms with Crippen LogP contribution >= 0.6 is 39.7 Å². The van der Waals surface area contributed by atoms with Gasteiger partial charge in [-0.05, 0) is 48.4 Å². The minimum Gasteiger partial charge on any atom is -0.316 e. The highest BCUT2D eigenvalue weighted by atomic mass is 79.9. The zero-order valence-corrected chi connectivity index (χ0v) is 12.6. The second kappa shape index (κ2) is 6.97. The summed E-state index contributed by atoms with van der Waals surface area (Å²) in [4.78, 5) is 4.00. The van der Waals surface area contributed by atoms with Crippen LogP contribution in [0.25, 0.3) is 0 Å². The van der Waals surface area contributed by atoms with Crippen molar-refractivity contribution >= 4 is 39.7 Å². The molecule has 1 unspecified atom stereocenters. The molecule has 1 atom stereocenters. The minimum atomic E-state index is 0. The van der Waals surface area contributed by atoms with Crippen LogP contribution in [0.4, 0.5) is 0 Å². The van der Waals surface area contributed by atoms with E-state index in [4.69, 9.17) is 0 Å². The molecule has 1 aliphatic rings. The summed E-state index contributed by atoms with van der Waals surface area (Å²) in [5.74, 6) is 0. The van der Waals surface area contributed by atoms with Crippen molar-refractivity contribution in [2.75, 3.05) is 20.1 Å². The Morgan fingerprint density at radius 1 is 1.62 bits per heavy atom. The summed E-state index contributed by atoms with van der Waals surface area (Å²) in [5, 5.41) is 5.54. The highest BCUT2D eigenvalue weighted by molar-refractivity contribution is 9.10. The Morgan fingerprint density at radius 3 is 3.06 bits per heavy atom. The van der Waals surface area contributed by atoms with Gasteiger partial charge < -0.3 is 5.32 Å². The fourth-order valence-corrected chi connectivity index (χ4v) is 3.58. The Bertz CT molecular complexity index is 319. The van der Waals surface area contributed by atoms with Gasteiger partial charge in [-0.1, -0.05) is 0 Å². The van der Waals surface area contributed by atoms with Crippen LogP contribution in [-0.4, -0.2) is 31.1 Å². The summed E-state index contributed by atoms with van der Waals surface area (Å²) >= 11 is 5.35. The monoisotopic (exact) mass is 324 g/mol. The zero-order chi connectivity index (χ0) is 10.7. The van der Waals surface area contributed by atoms with E-state index in [1.54, 1.807) is 0 Å². The lowest BCUT2D eigenvalue weighted by atomic mass is 10.1. The lowest BCUT2D eigenvalue weighted by molar-refractivity contribution is 0.189. The van der Waals surface area contributed by atoms with Gasteiger partial charge in [0.1, 0.15) is 0 Å². The van der Waals surface area contributed by atoms with Gasteiger partial charge in [0.15, 0.2) is 0 Å². The topological polar surface area (TPSA) is 15.3 Å². The second-order valence-corrected chi connectivity index (χ2v) is 6.01. The number of nitrogens with one attached hydrogen (secondary N) is 1. The van der Waals surface area contributed by atoms with E-state index in [0.29, 0.717) is 6.04 Å². The summed E-state index contributed by atoms with van der Waals surface area (Å²) in [6.07, 6.45) is 2.64. The van der Waals surface area contributed by atoms with Crippen LogP contribution in [0.1, 0.15) is 17.7 Å². The molecule has 0 bridgehead atoms. The molecule has 1 saturated heterocycles. The van der Waals surface area contributed by atoms with Gasteiger partial charge in [-0.15, -0.1) is 23.7 Å². The number of nitrogens with zero attached hydrogens (tertiary/aromatic N) is 1. The molecule has 1 N–H and O–H groups in total. The molecule has 0 aliphatic carbocycles. The summed E-state index contributed by atoms with van der Waals surface area (Å²) in [6.45, 7) is 3.54. The molecule has 0 saturated carbocycles. The number of hydrogen-bond donors (Lipinski definition) is 1. The molecule has 2 rings (SSSR count). The highest BCUT2D eigenvalue weighted by Gasteiger charge is 2.18. The SMILES string of the molecule is CNC1CCCN(Cc2cc(Br)cs2)C1.Cl. The van der Waals surface area contributed by atoms with Gasteiger partial charge in [-0.3, -0.25) is 4.90 Å². The number of hydrogen-bond acceptors (Lipinski definition) is 3. The van der Waals surface area contributed by atoms with Crippen LogP contribution in [0.15, 0.2) is 15.9 Å². The van der Waals surface area contributed by atoms with Gasteiger partial charge in [0.2, 0.25) is 0 Å². The van der Waals surface area contributed by atoms with Crippen LogP contribution in [-0.2, 0) is 6.54 Å². The van der Waals surface area contributed by atoms with Crippen molar-refractivity contribution in [3.05, 3.63) is 20.8 Å². The lowest BCUT2D eigenvalue weighted by Gasteiger charge is -2.32. The lowest BCUT2D eigenvalue weighted by Crippen LogP contribution is -2.43. The van der Waals surface area contributed by atoms with E-state index in [2.05, 4.69) is 44.6 Å². The van der Waals surface area contributed by atoms with Crippen LogP contribution in [0.5, 0.6) is 0 Å². The highest BCUT2D eigenvalue weighted by Crippen LogP contribution is 2.22. The number of thiophene rings is 1. The third-order valence-corrected chi connectivity index (χ3v) is 4.60. The minimum absolute atomic E-state index is 0. The zero-order valence-electron chi connectivity index (χ0n) is 9.41. The van der Waals surface area contributed by atoms with Gasteiger partial charge in [-0.2, -0.15) is 0 Å². The fraction of sp³-hybridized carbons (Fsp3) is 0.636. The molecule has 0 radical (unpaired) electrons. The predicted molar refractivity (Wildman–Crippen MR) is 76.6 cm³/mol. The Morgan fingerprint density at radius 2 is 2.44 bits per heavy atom. The predicted octanol–water partition coefficient (Wildman–Crippen LogP) is 3.12. The van der Waals surface area contributed by atoms with E-state index in [0.717, 1.165) is 6.54 Å². The maximum absolute atomic E-state index is 3.50. The smallest absolute Gasteiger partial charge is 0.0328 e.